The standard InChI is InChI=1S/C44H34P2/c1-5-21-36(22-6-1)45(37-23-7-2-8-24-37)44(46(38-25-9-3-10-26-38)39-27-11-4-12-28-39)33-32-35-19-14-16-30-41(35)43(44)42-31-17-20-34-18-13-15-29-40(34)42/h1-33,43H. The summed E-state index contributed by atoms with van der Waals surface area (Å²) in [6.45, 7) is 0. The van der Waals surface area contributed by atoms with Gasteiger partial charge in [-0.2, -0.15) is 0 Å². The van der Waals surface area contributed by atoms with Crippen LogP contribution in [0, 0.1) is 0 Å². The zero-order valence-corrected chi connectivity index (χ0v) is 27.3. The van der Waals surface area contributed by atoms with Gasteiger partial charge < -0.3 is 0 Å². The lowest BCUT2D eigenvalue weighted by atomic mass is 9.79. The van der Waals surface area contributed by atoms with Crippen LogP contribution in [0.5, 0.6) is 0 Å². The van der Waals surface area contributed by atoms with E-state index in [0.29, 0.717) is 0 Å². The van der Waals surface area contributed by atoms with Crippen molar-refractivity contribution in [2.75, 3.05) is 0 Å². The fourth-order valence-corrected chi connectivity index (χ4v) is 15.1. The van der Waals surface area contributed by atoms with E-state index in [0.717, 1.165) is 0 Å². The number of hydrogen-bond acceptors (Lipinski definition) is 0. The van der Waals surface area contributed by atoms with Crippen LogP contribution in [0.15, 0.2) is 194 Å². The van der Waals surface area contributed by atoms with Crippen molar-refractivity contribution in [3.63, 3.8) is 0 Å². The lowest BCUT2D eigenvalue weighted by Gasteiger charge is -2.53. The maximum atomic E-state index is 2.65. The van der Waals surface area contributed by atoms with Gasteiger partial charge in [-0.15, -0.1) is 0 Å². The molecule has 2 heteroatoms. The second-order valence-electron chi connectivity index (χ2n) is 11.8. The summed E-state index contributed by atoms with van der Waals surface area (Å²) in [5, 5.41) is 8.22. The Labute approximate surface area is 274 Å². The van der Waals surface area contributed by atoms with Gasteiger partial charge in [-0.05, 0) is 64.5 Å². The maximum Gasteiger partial charge on any atom is 0.0557 e. The summed E-state index contributed by atoms with van der Waals surface area (Å²) in [4.78, 5) is -0.311. The van der Waals surface area contributed by atoms with Crippen LogP contribution >= 0.6 is 15.8 Å². The molecule has 0 spiro atoms. The molecule has 1 aliphatic carbocycles. The molecule has 46 heavy (non-hydrogen) atoms. The summed E-state index contributed by atoms with van der Waals surface area (Å²) >= 11 is 0. The van der Waals surface area contributed by atoms with Gasteiger partial charge in [0.2, 0.25) is 0 Å². The molecule has 0 amide bonds. The Morgan fingerprint density at radius 2 is 0.783 bits per heavy atom. The highest BCUT2D eigenvalue weighted by Gasteiger charge is 2.54. The van der Waals surface area contributed by atoms with Gasteiger partial charge in [-0.1, -0.05) is 200 Å². The fourth-order valence-electron chi connectivity index (χ4n) is 7.30. The Kier molecular flexibility index (Phi) is 7.93. The van der Waals surface area contributed by atoms with E-state index in [4.69, 9.17) is 0 Å². The van der Waals surface area contributed by atoms with Gasteiger partial charge in [0.1, 0.15) is 0 Å². The molecule has 7 aromatic rings. The molecule has 0 aliphatic heterocycles. The third-order valence-corrected chi connectivity index (χ3v) is 15.9. The van der Waals surface area contributed by atoms with Gasteiger partial charge in [0.25, 0.3) is 0 Å². The van der Waals surface area contributed by atoms with Crippen molar-refractivity contribution >= 4 is 53.9 Å². The van der Waals surface area contributed by atoms with Crippen LogP contribution in [0.25, 0.3) is 16.8 Å². The largest absolute Gasteiger partial charge is 0.0670 e. The van der Waals surface area contributed by atoms with Crippen molar-refractivity contribution in [2.24, 2.45) is 0 Å². The summed E-state index contributed by atoms with van der Waals surface area (Å²) in [5.41, 5.74) is 4.11. The Morgan fingerprint density at radius 1 is 0.370 bits per heavy atom. The van der Waals surface area contributed by atoms with Crippen molar-refractivity contribution in [2.45, 2.75) is 10.8 Å². The van der Waals surface area contributed by atoms with E-state index in [9.17, 15) is 0 Å². The van der Waals surface area contributed by atoms with Crippen LogP contribution in [-0.2, 0) is 0 Å². The van der Waals surface area contributed by atoms with Crippen LogP contribution in [0.1, 0.15) is 22.6 Å². The SMILES string of the molecule is C1=CC(P(c2ccccc2)c2ccccc2)(P(c2ccccc2)c2ccccc2)C(c2cccc3ccccc23)c2ccccc21. The molecule has 0 saturated carbocycles. The van der Waals surface area contributed by atoms with Gasteiger partial charge >= 0.3 is 0 Å². The summed E-state index contributed by atoms with van der Waals surface area (Å²) in [7, 11) is -1.88. The number of rotatable bonds is 7. The molecule has 8 rings (SSSR count). The first kappa shape index (κ1) is 28.8. The van der Waals surface area contributed by atoms with E-state index in [2.05, 4.69) is 200 Å². The minimum Gasteiger partial charge on any atom is -0.0670 e. The molecular formula is C44H34P2. The van der Waals surface area contributed by atoms with Crippen LogP contribution in [0.3, 0.4) is 0 Å². The monoisotopic (exact) mass is 624 g/mol. The normalized spacial score (nSPS) is 15.2. The summed E-state index contributed by atoms with van der Waals surface area (Å²) < 4.78 is 0. The molecule has 0 saturated heterocycles. The van der Waals surface area contributed by atoms with Crippen molar-refractivity contribution < 1.29 is 0 Å². The molecule has 7 aromatic carbocycles. The highest BCUT2D eigenvalue weighted by Crippen LogP contribution is 2.73. The van der Waals surface area contributed by atoms with Gasteiger partial charge in [0, 0.05) is 5.92 Å². The lowest BCUT2D eigenvalue weighted by molar-refractivity contribution is 0.787. The molecule has 0 nitrogen and oxygen atoms in total. The third-order valence-electron chi connectivity index (χ3n) is 9.15. The van der Waals surface area contributed by atoms with E-state index in [1.165, 1.54) is 48.7 Å². The van der Waals surface area contributed by atoms with Gasteiger partial charge in [0.15, 0.2) is 0 Å². The molecule has 1 unspecified atom stereocenters. The maximum absolute atomic E-state index is 2.65. The predicted molar refractivity (Wildman–Crippen MR) is 202 cm³/mol. The number of hydrogen-bond donors (Lipinski definition) is 0. The number of fused-ring (bicyclic) bond motifs is 2. The third kappa shape index (κ3) is 5.04. The van der Waals surface area contributed by atoms with Gasteiger partial charge in [-0.25, -0.2) is 0 Å². The van der Waals surface area contributed by atoms with Crippen molar-refractivity contribution in [1.82, 2.24) is 0 Å². The smallest absolute Gasteiger partial charge is 0.0557 e. The van der Waals surface area contributed by atoms with Crippen molar-refractivity contribution in [3.8, 4) is 0 Å². The molecule has 0 N–H and O–H groups in total. The molecular weight excluding hydrogens is 590 g/mol. The number of allylic oxidation sites excluding steroid dienone is 1. The zero-order valence-electron chi connectivity index (χ0n) is 25.5. The Balaban J connectivity index is 1.57. The first-order chi connectivity index (χ1) is 22.8. The minimum absolute atomic E-state index is 0.0952. The first-order valence-corrected chi connectivity index (χ1v) is 18.6. The molecule has 0 aromatic heterocycles. The highest BCUT2D eigenvalue weighted by molar-refractivity contribution is 7.91. The van der Waals surface area contributed by atoms with Crippen LogP contribution < -0.4 is 21.2 Å². The van der Waals surface area contributed by atoms with E-state index >= 15 is 0 Å². The quantitative estimate of drug-likeness (QED) is 0.155. The highest BCUT2D eigenvalue weighted by atomic mass is 31.2. The zero-order chi connectivity index (χ0) is 30.8. The Morgan fingerprint density at radius 3 is 1.33 bits per heavy atom. The second kappa shape index (κ2) is 12.7. The van der Waals surface area contributed by atoms with Gasteiger partial charge in [-0.3, -0.25) is 0 Å². The Bertz CT molecular complexity index is 1940. The average molecular weight is 625 g/mol. The fraction of sp³-hybridized carbons (Fsp3) is 0.0455. The molecule has 1 aliphatic rings. The van der Waals surface area contributed by atoms with E-state index < -0.39 is 15.8 Å². The molecule has 0 radical (unpaired) electrons. The predicted octanol–water partition coefficient (Wildman–Crippen LogP) is 9.96. The molecule has 220 valence electrons. The van der Waals surface area contributed by atoms with Crippen LogP contribution in [-0.4, -0.2) is 4.90 Å². The summed E-state index contributed by atoms with van der Waals surface area (Å²) in [6.07, 6.45) is 5.10. The van der Waals surface area contributed by atoms with Crippen molar-refractivity contribution in [3.05, 3.63) is 211 Å². The molecule has 1 atom stereocenters. The summed E-state index contributed by atoms with van der Waals surface area (Å²) in [5.74, 6) is 0.0952. The van der Waals surface area contributed by atoms with Crippen LogP contribution in [0.4, 0.5) is 0 Å². The molecule has 0 heterocycles. The van der Waals surface area contributed by atoms with E-state index in [1.807, 2.05) is 0 Å². The second-order valence-corrected chi connectivity index (χ2v) is 17.0. The van der Waals surface area contributed by atoms with Gasteiger partial charge in [0.05, 0.1) is 4.90 Å². The first-order valence-electron chi connectivity index (χ1n) is 15.9. The van der Waals surface area contributed by atoms with E-state index in [1.54, 1.807) is 0 Å². The minimum atomic E-state index is -0.941. The summed E-state index contributed by atoms with van der Waals surface area (Å²) in [6, 6.07) is 70.4. The number of benzene rings is 7. The average Bonchev–Trinajstić information content (AvgIpc) is 3.13. The topological polar surface area (TPSA) is 0 Å². The van der Waals surface area contributed by atoms with Crippen LogP contribution in [0.2, 0.25) is 0 Å². The molecule has 0 bridgehead atoms. The lowest BCUT2D eigenvalue weighted by Crippen LogP contribution is -2.44. The Hall–Kier alpha value is -4.60. The molecule has 0 fully saturated rings. The van der Waals surface area contributed by atoms with E-state index in [-0.39, 0.29) is 10.8 Å². The van der Waals surface area contributed by atoms with Crippen molar-refractivity contribution in [1.29, 1.82) is 0 Å².